The minimum Gasteiger partial charge on any atom is -0.388 e. The van der Waals surface area contributed by atoms with Crippen LogP contribution in [0.5, 0.6) is 0 Å². The molecule has 0 fully saturated rings. The summed E-state index contributed by atoms with van der Waals surface area (Å²) in [4.78, 5) is 0. The molecule has 0 saturated heterocycles. The van der Waals surface area contributed by atoms with Gasteiger partial charge in [-0.1, -0.05) is 47.1 Å². The number of rotatable bonds is 4. The van der Waals surface area contributed by atoms with Crippen molar-refractivity contribution in [3.63, 3.8) is 0 Å². The molecule has 2 nitrogen and oxygen atoms in total. The normalized spacial score (nSPS) is 14.4. The van der Waals surface area contributed by atoms with Crippen LogP contribution in [-0.4, -0.2) is 17.3 Å². The Morgan fingerprint density at radius 2 is 1.83 bits per heavy atom. The molecule has 0 aliphatic carbocycles. The van der Waals surface area contributed by atoms with Gasteiger partial charge in [0.1, 0.15) is 0 Å². The fourth-order valence-electron chi connectivity index (χ4n) is 1.83. The molecule has 2 N–H and O–H groups in total. The molecule has 0 aliphatic rings. The number of fused-ring (bicyclic) bond motifs is 1. The Balaban J connectivity index is 2.32. The molecule has 0 spiro atoms. The van der Waals surface area contributed by atoms with Crippen LogP contribution >= 0.6 is 15.9 Å². The van der Waals surface area contributed by atoms with E-state index in [4.69, 9.17) is 0 Å². The van der Waals surface area contributed by atoms with Crippen LogP contribution in [0.25, 0.3) is 10.8 Å². The largest absolute Gasteiger partial charge is 0.388 e. The molecule has 0 saturated carbocycles. The van der Waals surface area contributed by atoms with Crippen molar-refractivity contribution in [1.29, 1.82) is 0 Å². The Morgan fingerprint density at radius 1 is 1.17 bits per heavy atom. The Morgan fingerprint density at radius 3 is 2.50 bits per heavy atom. The van der Waals surface area contributed by atoms with Crippen molar-refractivity contribution >= 4 is 32.4 Å². The van der Waals surface area contributed by atoms with Crippen molar-refractivity contribution in [2.75, 3.05) is 11.9 Å². The number of halogens is 1. The molecule has 0 aromatic heterocycles. The van der Waals surface area contributed by atoms with Crippen molar-refractivity contribution in [3.05, 3.63) is 40.9 Å². The van der Waals surface area contributed by atoms with E-state index in [1.165, 1.54) is 10.8 Å². The molecule has 0 amide bonds. The average molecular weight is 308 g/mol. The van der Waals surface area contributed by atoms with Crippen molar-refractivity contribution in [3.8, 4) is 0 Å². The van der Waals surface area contributed by atoms with E-state index >= 15 is 0 Å². The van der Waals surface area contributed by atoms with Gasteiger partial charge in [0.05, 0.1) is 5.60 Å². The van der Waals surface area contributed by atoms with Gasteiger partial charge in [-0.2, -0.15) is 0 Å². The first-order chi connectivity index (χ1) is 8.53. The lowest BCUT2D eigenvalue weighted by Gasteiger charge is -2.23. The molecule has 2 rings (SSSR count). The Bertz CT molecular complexity index is 551. The second-order valence-electron chi connectivity index (χ2n) is 4.84. The molecule has 0 heterocycles. The van der Waals surface area contributed by atoms with Crippen LogP contribution in [0.15, 0.2) is 40.9 Å². The number of nitrogens with one attached hydrogen (secondary N) is 1. The third-order valence-electron chi connectivity index (χ3n) is 3.29. The lowest BCUT2D eigenvalue weighted by Crippen LogP contribution is -2.32. The summed E-state index contributed by atoms with van der Waals surface area (Å²) in [6.07, 6.45) is 0.731. The summed E-state index contributed by atoms with van der Waals surface area (Å²) in [5, 5.41) is 15.7. The van der Waals surface area contributed by atoms with Crippen molar-refractivity contribution in [1.82, 2.24) is 0 Å². The van der Waals surface area contributed by atoms with E-state index in [1.807, 2.05) is 38.1 Å². The zero-order chi connectivity index (χ0) is 13.2. The highest BCUT2D eigenvalue weighted by molar-refractivity contribution is 9.10. The summed E-state index contributed by atoms with van der Waals surface area (Å²) in [7, 11) is 0. The Hall–Kier alpha value is -1.06. The van der Waals surface area contributed by atoms with E-state index in [-0.39, 0.29) is 0 Å². The molecular weight excluding hydrogens is 290 g/mol. The predicted octanol–water partition coefficient (Wildman–Crippen LogP) is 4.18. The first kappa shape index (κ1) is 13.4. The molecular formula is C15H18BrNO. The molecule has 2 aromatic carbocycles. The van der Waals surface area contributed by atoms with Gasteiger partial charge < -0.3 is 10.4 Å². The highest BCUT2D eigenvalue weighted by Crippen LogP contribution is 2.30. The van der Waals surface area contributed by atoms with Crippen LogP contribution in [-0.2, 0) is 0 Å². The topological polar surface area (TPSA) is 32.3 Å². The summed E-state index contributed by atoms with van der Waals surface area (Å²) in [6, 6.07) is 12.3. The van der Waals surface area contributed by atoms with E-state index in [0.29, 0.717) is 6.54 Å². The number of benzene rings is 2. The predicted molar refractivity (Wildman–Crippen MR) is 81.1 cm³/mol. The molecule has 96 valence electrons. The van der Waals surface area contributed by atoms with E-state index in [1.54, 1.807) is 0 Å². The van der Waals surface area contributed by atoms with Gasteiger partial charge >= 0.3 is 0 Å². The van der Waals surface area contributed by atoms with Crippen LogP contribution < -0.4 is 5.32 Å². The van der Waals surface area contributed by atoms with E-state index in [0.717, 1.165) is 16.6 Å². The molecule has 2 aromatic rings. The first-order valence-electron chi connectivity index (χ1n) is 6.17. The summed E-state index contributed by atoms with van der Waals surface area (Å²) < 4.78 is 1.09. The third kappa shape index (κ3) is 2.85. The summed E-state index contributed by atoms with van der Waals surface area (Å²) >= 11 is 3.56. The maximum absolute atomic E-state index is 10.0. The summed E-state index contributed by atoms with van der Waals surface area (Å²) in [6.45, 7) is 4.39. The van der Waals surface area contributed by atoms with Crippen LogP contribution in [0, 0.1) is 0 Å². The van der Waals surface area contributed by atoms with Gasteiger partial charge in [0.15, 0.2) is 0 Å². The molecule has 18 heavy (non-hydrogen) atoms. The average Bonchev–Trinajstić information content (AvgIpc) is 2.38. The number of hydrogen-bond donors (Lipinski definition) is 2. The van der Waals surface area contributed by atoms with Gasteiger partial charge in [-0.15, -0.1) is 0 Å². The van der Waals surface area contributed by atoms with Crippen molar-refractivity contribution in [2.24, 2.45) is 0 Å². The van der Waals surface area contributed by atoms with Gasteiger partial charge in [0.25, 0.3) is 0 Å². The van der Waals surface area contributed by atoms with E-state index < -0.39 is 5.60 Å². The van der Waals surface area contributed by atoms with Gasteiger partial charge in [-0.25, -0.2) is 0 Å². The van der Waals surface area contributed by atoms with Gasteiger partial charge in [0.2, 0.25) is 0 Å². The Kier molecular flexibility index (Phi) is 3.93. The zero-order valence-electron chi connectivity index (χ0n) is 10.7. The maximum Gasteiger partial charge on any atom is 0.0788 e. The highest BCUT2D eigenvalue weighted by Gasteiger charge is 2.17. The van der Waals surface area contributed by atoms with Crippen LogP contribution in [0.4, 0.5) is 5.69 Å². The number of aliphatic hydroxyl groups is 1. The third-order valence-corrected chi connectivity index (χ3v) is 3.98. The van der Waals surface area contributed by atoms with Gasteiger partial charge in [-0.05, 0) is 30.9 Å². The van der Waals surface area contributed by atoms with Crippen LogP contribution in [0.1, 0.15) is 20.3 Å². The lowest BCUT2D eigenvalue weighted by molar-refractivity contribution is 0.0698. The fraction of sp³-hybridized carbons (Fsp3) is 0.333. The monoisotopic (exact) mass is 307 g/mol. The summed E-state index contributed by atoms with van der Waals surface area (Å²) in [5.74, 6) is 0. The van der Waals surface area contributed by atoms with E-state index in [9.17, 15) is 5.11 Å². The minimum absolute atomic E-state index is 0.551. The van der Waals surface area contributed by atoms with Gasteiger partial charge in [0, 0.05) is 22.1 Å². The number of anilines is 1. The smallest absolute Gasteiger partial charge is 0.0788 e. The Labute approximate surface area is 116 Å². The number of hydrogen-bond acceptors (Lipinski definition) is 2. The highest BCUT2D eigenvalue weighted by atomic mass is 79.9. The quantitative estimate of drug-likeness (QED) is 0.888. The lowest BCUT2D eigenvalue weighted by atomic mass is 10.0. The van der Waals surface area contributed by atoms with Gasteiger partial charge in [-0.3, -0.25) is 0 Å². The minimum atomic E-state index is -0.672. The molecule has 1 unspecified atom stereocenters. The zero-order valence-corrected chi connectivity index (χ0v) is 12.3. The molecule has 0 aliphatic heterocycles. The molecule has 0 bridgehead atoms. The SMILES string of the molecule is CCC(C)(O)CNc1ccc(Br)c2ccccc12. The van der Waals surface area contributed by atoms with E-state index in [2.05, 4.69) is 33.4 Å². The molecule has 1 atom stereocenters. The van der Waals surface area contributed by atoms with Crippen molar-refractivity contribution in [2.45, 2.75) is 25.9 Å². The summed E-state index contributed by atoms with van der Waals surface area (Å²) in [5.41, 5.74) is 0.385. The second kappa shape index (κ2) is 5.29. The first-order valence-corrected chi connectivity index (χ1v) is 6.96. The maximum atomic E-state index is 10.0. The van der Waals surface area contributed by atoms with Crippen molar-refractivity contribution < 1.29 is 5.11 Å². The van der Waals surface area contributed by atoms with Crippen LogP contribution in [0.2, 0.25) is 0 Å². The molecule has 3 heteroatoms. The fourth-order valence-corrected chi connectivity index (χ4v) is 2.31. The second-order valence-corrected chi connectivity index (χ2v) is 5.70. The molecule has 0 radical (unpaired) electrons. The van der Waals surface area contributed by atoms with Crippen LogP contribution in [0.3, 0.4) is 0 Å². The standard InChI is InChI=1S/C15H18BrNO/c1-3-15(2,18)10-17-14-9-8-13(16)11-6-4-5-7-12(11)14/h4-9,17-18H,3,10H2,1-2H3.